The molecule has 1 spiro atoms. The fourth-order valence-electron chi connectivity index (χ4n) is 4.83. The van der Waals surface area contributed by atoms with E-state index in [0.717, 1.165) is 37.0 Å². The normalized spacial score (nSPS) is 20.4. The number of ether oxygens (including phenoxy) is 1. The molecule has 2 aliphatic rings. The van der Waals surface area contributed by atoms with Crippen molar-refractivity contribution in [2.75, 3.05) is 20.3 Å². The lowest BCUT2D eigenvalue weighted by Gasteiger charge is -2.49. The van der Waals surface area contributed by atoms with E-state index >= 15 is 0 Å². The molecule has 6 nitrogen and oxygen atoms in total. The Morgan fingerprint density at radius 1 is 1.25 bits per heavy atom. The number of hydrogen-bond acceptors (Lipinski definition) is 4. The van der Waals surface area contributed by atoms with E-state index in [1.807, 2.05) is 41.3 Å². The van der Waals surface area contributed by atoms with Crippen molar-refractivity contribution in [3.8, 4) is 0 Å². The third kappa shape index (κ3) is 3.11. The number of fused-ring (bicyclic) bond motifs is 1. The zero-order valence-corrected chi connectivity index (χ0v) is 16.1. The first kappa shape index (κ1) is 18.7. The molecule has 0 unspecified atom stereocenters. The molecule has 1 aromatic heterocycles. The molecule has 2 amide bonds. The highest BCUT2D eigenvalue weighted by Gasteiger charge is 2.55. The molecule has 1 fully saturated rings. The molecule has 1 saturated carbocycles. The number of methoxy groups -OCH3 is 1. The zero-order chi connectivity index (χ0) is 19.6. The first-order valence-electron chi connectivity index (χ1n) is 9.87. The van der Waals surface area contributed by atoms with Gasteiger partial charge in [0.1, 0.15) is 5.76 Å². The van der Waals surface area contributed by atoms with Crippen LogP contribution in [0.5, 0.6) is 0 Å². The van der Waals surface area contributed by atoms with Crippen molar-refractivity contribution < 1.29 is 18.7 Å². The van der Waals surface area contributed by atoms with Gasteiger partial charge in [-0.1, -0.05) is 31.0 Å². The lowest BCUT2D eigenvalue weighted by Crippen LogP contribution is -2.60. The van der Waals surface area contributed by atoms with E-state index in [9.17, 15) is 9.59 Å². The minimum Gasteiger partial charge on any atom is -0.467 e. The Morgan fingerprint density at radius 2 is 2.04 bits per heavy atom. The lowest BCUT2D eigenvalue weighted by molar-refractivity contribution is -0.126. The molecule has 2 heterocycles. The average molecular weight is 382 g/mol. The van der Waals surface area contributed by atoms with Gasteiger partial charge in [0.15, 0.2) is 0 Å². The fraction of sp³-hybridized carbons (Fsp3) is 0.455. The largest absolute Gasteiger partial charge is 0.467 e. The molecule has 4 rings (SSSR count). The highest BCUT2D eigenvalue weighted by molar-refractivity contribution is 6.02. The quantitative estimate of drug-likeness (QED) is 0.780. The SMILES string of the molecule is COCCNC(=O)[C@H]1c2ccccc2C(=O)N(Cc2ccco2)C12CCCC2. The number of rotatable bonds is 6. The van der Waals surface area contributed by atoms with Gasteiger partial charge in [-0.15, -0.1) is 0 Å². The number of hydrogen-bond donors (Lipinski definition) is 1. The maximum Gasteiger partial charge on any atom is 0.255 e. The van der Waals surface area contributed by atoms with Crippen LogP contribution >= 0.6 is 0 Å². The summed E-state index contributed by atoms with van der Waals surface area (Å²) in [4.78, 5) is 28.7. The van der Waals surface area contributed by atoms with Crippen LogP contribution in [0, 0.1) is 0 Å². The number of furan rings is 1. The van der Waals surface area contributed by atoms with Crippen molar-refractivity contribution >= 4 is 11.8 Å². The van der Waals surface area contributed by atoms with Crippen molar-refractivity contribution in [2.45, 2.75) is 43.7 Å². The molecule has 28 heavy (non-hydrogen) atoms. The first-order valence-corrected chi connectivity index (χ1v) is 9.87. The number of nitrogens with zero attached hydrogens (tertiary/aromatic N) is 1. The molecule has 0 saturated heterocycles. The second-order valence-corrected chi connectivity index (χ2v) is 7.59. The maximum atomic E-state index is 13.5. The molecule has 1 aromatic carbocycles. The van der Waals surface area contributed by atoms with E-state index in [-0.39, 0.29) is 11.8 Å². The average Bonchev–Trinajstić information content (AvgIpc) is 3.38. The van der Waals surface area contributed by atoms with Crippen LogP contribution in [0.15, 0.2) is 47.1 Å². The summed E-state index contributed by atoms with van der Waals surface area (Å²) < 4.78 is 10.6. The van der Waals surface area contributed by atoms with E-state index in [1.165, 1.54) is 0 Å². The highest BCUT2D eigenvalue weighted by atomic mass is 16.5. The van der Waals surface area contributed by atoms with Gasteiger partial charge in [0.2, 0.25) is 5.91 Å². The van der Waals surface area contributed by atoms with E-state index in [0.29, 0.717) is 25.3 Å². The molecule has 0 bridgehead atoms. The van der Waals surface area contributed by atoms with Crippen LogP contribution in [0.25, 0.3) is 0 Å². The van der Waals surface area contributed by atoms with Gasteiger partial charge in [-0.05, 0) is 36.6 Å². The Morgan fingerprint density at radius 3 is 2.75 bits per heavy atom. The number of carbonyl (C=O) groups excluding carboxylic acids is 2. The van der Waals surface area contributed by atoms with Gasteiger partial charge >= 0.3 is 0 Å². The third-order valence-electron chi connectivity index (χ3n) is 6.05. The summed E-state index contributed by atoms with van der Waals surface area (Å²) in [6.45, 7) is 1.29. The van der Waals surface area contributed by atoms with Crippen molar-refractivity contribution in [2.24, 2.45) is 0 Å². The van der Waals surface area contributed by atoms with Crippen LogP contribution < -0.4 is 5.32 Å². The van der Waals surface area contributed by atoms with Gasteiger partial charge in [-0.25, -0.2) is 0 Å². The third-order valence-corrected chi connectivity index (χ3v) is 6.05. The van der Waals surface area contributed by atoms with Crippen LogP contribution in [0.2, 0.25) is 0 Å². The monoisotopic (exact) mass is 382 g/mol. The minimum absolute atomic E-state index is 0.0187. The van der Waals surface area contributed by atoms with E-state index in [4.69, 9.17) is 9.15 Å². The summed E-state index contributed by atoms with van der Waals surface area (Å²) in [6.07, 6.45) is 5.26. The van der Waals surface area contributed by atoms with Crippen LogP contribution in [0.3, 0.4) is 0 Å². The summed E-state index contributed by atoms with van der Waals surface area (Å²) in [5.41, 5.74) is 0.925. The van der Waals surface area contributed by atoms with Crippen LogP contribution in [-0.4, -0.2) is 42.5 Å². The molecule has 1 N–H and O–H groups in total. The van der Waals surface area contributed by atoms with Gasteiger partial charge < -0.3 is 19.4 Å². The van der Waals surface area contributed by atoms with Gasteiger partial charge in [0, 0.05) is 19.2 Å². The van der Waals surface area contributed by atoms with Gasteiger partial charge in [-0.3, -0.25) is 9.59 Å². The number of amides is 2. The summed E-state index contributed by atoms with van der Waals surface area (Å²) >= 11 is 0. The Labute approximate surface area is 164 Å². The van der Waals surface area contributed by atoms with Crippen molar-refractivity contribution in [1.82, 2.24) is 10.2 Å². The smallest absolute Gasteiger partial charge is 0.255 e. The van der Waals surface area contributed by atoms with Crippen molar-refractivity contribution in [1.29, 1.82) is 0 Å². The maximum absolute atomic E-state index is 13.5. The topological polar surface area (TPSA) is 71.8 Å². The Balaban J connectivity index is 1.78. The molecule has 1 atom stereocenters. The summed E-state index contributed by atoms with van der Waals surface area (Å²) in [5.74, 6) is 0.284. The molecule has 0 radical (unpaired) electrons. The van der Waals surface area contributed by atoms with E-state index in [1.54, 1.807) is 13.4 Å². The van der Waals surface area contributed by atoms with E-state index in [2.05, 4.69) is 5.32 Å². The predicted octanol–water partition coefficient (Wildman–Crippen LogP) is 3.09. The van der Waals surface area contributed by atoms with Crippen LogP contribution in [-0.2, 0) is 16.1 Å². The minimum atomic E-state index is -0.518. The molecule has 148 valence electrons. The molecule has 1 aliphatic heterocycles. The Kier molecular flexibility index (Phi) is 5.22. The fourth-order valence-corrected chi connectivity index (χ4v) is 4.83. The van der Waals surface area contributed by atoms with Crippen molar-refractivity contribution in [3.05, 3.63) is 59.5 Å². The summed E-state index contributed by atoms with van der Waals surface area (Å²) in [7, 11) is 1.62. The Hall–Kier alpha value is -2.60. The van der Waals surface area contributed by atoms with Crippen molar-refractivity contribution in [3.63, 3.8) is 0 Å². The highest BCUT2D eigenvalue weighted by Crippen LogP contribution is 2.50. The van der Waals surface area contributed by atoms with Gasteiger partial charge in [-0.2, -0.15) is 0 Å². The summed E-state index contributed by atoms with van der Waals surface area (Å²) in [5, 5.41) is 3.01. The molecule has 2 aromatic rings. The lowest BCUT2D eigenvalue weighted by atomic mass is 9.71. The number of carbonyl (C=O) groups is 2. The predicted molar refractivity (Wildman–Crippen MR) is 104 cm³/mol. The van der Waals surface area contributed by atoms with Gasteiger partial charge in [0.25, 0.3) is 5.91 Å². The second kappa shape index (κ2) is 7.80. The second-order valence-electron chi connectivity index (χ2n) is 7.59. The molecule has 1 aliphatic carbocycles. The zero-order valence-electron chi connectivity index (χ0n) is 16.1. The summed E-state index contributed by atoms with van der Waals surface area (Å²) in [6, 6.07) is 11.2. The van der Waals surface area contributed by atoms with Crippen LogP contribution in [0.4, 0.5) is 0 Å². The van der Waals surface area contributed by atoms with Crippen LogP contribution in [0.1, 0.15) is 53.3 Å². The molecular weight excluding hydrogens is 356 g/mol. The first-order chi connectivity index (χ1) is 13.7. The van der Waals surface area contributed by atoms with Gasteiger partial charge in [0.05, 0.1) is 30.9 Å². The number of benzene rings is 1. The van der Waals surface area contributed by atoms with E-state index < -0.39 is 11.5 Å². The Bertz CT molecular complexity index is 840. The molecular formula is C22H26N2O4. The molecule has 6 heteroatoms. The number of nitrogens with one attached hydrogen (secondary N) is 1. The standard InChI is InChI=1S/C22H26N2O4/c1-27-14-12-23-20(25)19-17-8-2-3-9-18(17)21(26)24(15-16-7-6-13-28-16)22(19)10-4-5-11-22/h2-3,6-9,13,19H,4-5,10-12,14-15H2,1H3,(H,23,25)/t19-/m1/s1.